The van der Waals surface area contributed by atoms with E-state index in [0.717, 1.165) is 41.6 Å². The van der Waals surface area contributed by atoms with Crippen molar-refractivity contribution in [3.05, 3.63) is 64.6 Å². The summed E-state index contributed by atoms with van der Waals surface area (Å²) in [6, 6.07) is 17.9. The maximum absolute atomic E-state index is 12.9. The minimum absolute atomic E-state index is 0.0910. The molecule has 1 heterocycles. The number of amides is 2. The van der Waals surface area contributed by atoms with Crippen LogP contribution in [0.4, 0.5) is 0 Å². The maximum atomic E-state index is 12.9. The highest BCUT2D eigenvalue weighted by Gasteiger charge is 2.29. The van der Waals surface area contributed by atoms with Crippen molar-refractivity contribution < 1.29 is 9.59 Å². The molecule has 160 valence electrons. The van der Waals surface area contributed by atoms with E-state index in [1.807, 2.05) is 47.4 Å². The third-order valence-electron chi connectivity index (χ3n) is 5.40. The Hall–Kier alpha value is -1.79. The average Bonchev–Trinajstić information content (AvgIpc) is 2.79. The number of thioether (sulfide) groups is 1. The Morgan fingerprint density at radius 2 is 1.73 bits per heavy atom. The standard InChI is InChI=1S/C24H29BrN2O2S/c1-2-15-27(23(28)14-18-30-22-10-8-20(25)9-11-22)21-12-16-26(17-13-21)24(29)19-6-4-3-5-7-19/h3-11,21H,2,12-18H2,1H3. The molecule has 0 aromatic heterocycles. The van der Waals surface area contributed by atoms with Gasteiger partial charge in [0.1, 0.15) is 0 Å². The molecule has 2 aromatic rings. The van der Waals surface area contributed by atoms with Gasteiger partial charge in [0.2, 0.25) is 5.91 Å². The van der Waals surface area contributed by atoms with Gasteiger partial charge in [-0.05, 0) is 55.7 Å². The Morgan fingerprint density at radius 1 is 1.07 bits per heavy atom. The van der Waals surface area contributed by atoms with E-state index in [9.17, 15) is 9.59 Å². The first kappa shape index (κ1) is 22.9. The largest absolute Gasteiger partial charge is 0.340 e. The quantitative estimate of drug-likeness (QED) is 0.462. The van der Waals surface area contributed by atoms with Crippen molar-refractivity contribution in [3.63, 3.8) is 0 Å². The van der Waals surface area contributed by atoms with Crippen LogP contribution in [0.25, 0.3) is 0 Å². The molecule has 0 unspecified atom stereocenters. The molecule has 0 radical (unpaired) electrons. The van der Waals surface area contributed by atoms with E-state index in [2.05, 4.69) is 39.9 Å². The molecule has 2 aromatic carbocycles. The molecule has 0 saturated carbocycles. The zero-order valence-electron chi connectivity index (χ0n) is 17.4. The number of hydrogen-bond donors (Lipinski definition) is 0. The van der Waals surface area contributed by atoms with Crippen LogP contribution in [0.15, 0.2) is 64.0 Å². The van der Waals surface area contributed by atoms with E-state index in [4.69, 9.17) is 0 Å². The summed E-state index contributed by atoms with van der Waals surface area (Å²) in [7, 11) is 0. The fourth-order valence-electron chi connectivity index (χ4n) is 3.83. The summed E-state index contributed by atoms with van der Waals surface area (Å²) in [5.41, 5.74) is 0.738. The second kappa shape index (κ2) is 11.6. The van der Waals surface area contributed by atoms with Gasteiger partial charge in [-0.25, -0.2) is 0 Å². The Morgan fingerprint density at radius 3 is 2.37 bits per heavy atom. The molecule has 4 nitrogen and oxygen atoms in total. The van der Waals surface area contributed by atoms with Crippen LogP contribution in [-0.2, 0) is 4.79 Å². The van der Waals surface area contributed by atoms with E-state index in [0.29, 0.717) is 19.5 Å². The summed E-state index contributed by atoms with van der Waals surface area (Å²) >= 11 is 5.17. The molecule has 0 spiro atoms. The van der Waals surface area contributed by atoms with Crippen LogP contribution in [0.2, 0.25) is 0 Å². The molecule has 0 atom stereocenters. The van der Waals surface area contributed by atoms with Crippen molar-refractivity contribution >= 4 is 39.5 Å². The Balaban J connectivity index is 1.50. The Bertz CT molecular complexity index is 821. The molecule has 0 bridgehead atoms. The van der Waals surface area contributed by atoms with E-state index in [-0.39, 0.29) is 17.9 Å². The first-order valence-corrected chi connectivity index (χ1v) is 12.4. The number of rotatable bonds is 8. The van der Waals surface area contributed by atoms with Gasteiger partial charge in [-0.15, -0.1) is 11.8 Å². The Labute approximate surface area is 192 Å². The maximum Gasteiger partial charge on any atom is 0.253 e. The normalized spacial score (nSPS) is 14.5. The van der Waals surface area contributed by atoms with E-state index < -0.39 is 0 Å². The average molecular weight is 489 g/mol. The number of nitrogens with zero attached hydrogens (tertiary/aromatic N) is 2. The highest BCUT2D eigenvalue weighted by Crippen LogP contribution is 2.23. The fraction of sp³-hybridized carbons (Fsp3) is 0.417. The van der Waals surface area contributed by atoms with Gasteiger partial charge in [0, 0.05) is 52.8 Å². The number of likely N-dealkylation sites (tertiary alicyclic amines) is 1. The van der Waals surface area contributed by atoms with Crippen LogP contribution in [0.5, 0.6) is 0 Å². The molecular formula is C24H29BrN2O2S. The second-order valence-corrected chi connectivity index (χ2v) is 9.61. The SMILES string of the molecule is CCCN(C(=O)CCSc1ccc(Br)cc1)C1CCN(C(=O)c2ccccc2)CC1. The van der Waals surface area contributed by atoms with Gasteiger partial charge in [0.25, 0.3) is 5.91 Å². The van der Waals surface area contributed by atoms with Gasteiger partial charge in [-0.1, -0.05) is 41.1 Å². The number of carbonyl (C=O) groups excluding carboxylic acids is 2. The van der Waals surface area contributed by atoms with Crippen LogP contribution >= 0.6 is 27.7 Å². The van der Waals surface area contributed by atoms with Gasteiger partial charge >= 0.3 is 0 Å². The first-order chi connectivity index (χ1) is 14.6. The van der Waals surface area contributed by atoms with Gasteiger partial charge in [-0.3, -0.25) is 9.59 Å². The lowest BCUT2D eigenvalue weighted by Gasteiger charge is -2.38. The Kier molecular flexibility index (Phi) is 8.82. The zero-order chi connectivity index (χ0) is 21.3. The van der Waals surface area contributed by atoms with Crippen LogP contribution in [-0.4, -0.2) is 53.0 Å². The summed E-state index contributed by atoms with van der Waals surface area (Å²) in [5.74, 6) is 1.11. The molecule has 30 heavy (non-hydrogen) atoms. The van der Waals surface area contributed by atoms with Crippen molar-refractivity contribution in [3.8, 4) is 0 Å². The number of carbonyl (C=O) groups is 2. The summed E-state index contributed by atoms with van der Waals surface area (Å²) in [6.45, 7) is 4.32. The number of halogens is 1. The summed E-state index contributed by atoms with van der Waals surface area (Å²) < 4.78 is 1.06. The topological polar surface area (TPSA) is 40.6 Å². The third kappa shape index (κ3) is 6.35. The number of hydrogen-bond acceptors (Lipinski definition) is 3. The molecule has 1 aliphatic rings. The molecule has 2 amide bonds. The van der Waals surface area contributed by atoms with Crippen LogP contribution in [0.1, 0.15) is 43.0 Å². The van der Waals surface area contributed by atoms with E-state index in [1.165, 1.54) is 4.90 Å². The molecular weight excluding hydrogens is 460 g/mol. The summed E-state index contributed by atoms with van der Waals surface area (Å²) in [5, 5.41) is 0. The molecule has 0 aliphatic carbocycles. The van der Waals surface area contributed by atoms with E-state index >= 15 is 0 Å². The fourth-order valence-corrected chi connectivity index (χ4v) is 4.93. The molecule has 3 rings (SSSR count). The molecule has 1 aliphatic heterocycles. The van der Waals surface area contributed by atoms with Crippen LogP contribution in [0, 0.1) is 0 Å². The summed E-state index contributed by atoms with van der Waals surface area (Å²) in [4.78, 5) is 30.8. The number of piperidine rings is 1. The van der Waals surface area contributed by atoms with Gasteiger partial charge in [0.05, 0.1) is 0 Å². The zero-order valence-corrected chi connectivity index (χ0v) is 19.8. The van der Waals surface area contributed by atoms with Crippen molar-refractivity contribution in [2.24, 2.45) is 0 Å². The lowest BCUT2D eigenvalue weighted by molar-refractivity contribution is -0.134. The third-order valence-corrected chi connectivity index (χ3v) is 6.94. The van der Waals surface area contributed by atoms with Crippen molar-refractivity contribution in [1.82, 2.24) is 9.80 Å². The lowest BCUT2D eigenvalue weighted by Crippen LogP contribution is -2.49. The predicted octanol–water partition coefficient (Wildman–Crippen LogP) is 5.47. The summed E-state index contributed by atoms with van der Waals surface area (Å²) in [6.07, 6.45) is 3.20. The van der Waals surface area contributed by atoms with E-state index in [1.54, 1.807) is 11.8 Å². The van der Waals surface area contributed by atoms with Crippen molar-refractivity contribution in [2.45, 2.75) is 43.5 Å². The monoisotopic (exact) mass is 488 g/mol. The lowest BCUT2D eigenvalue weighted by atomic mass is 10.0. The van der Waals surface area contributed by atoms with Crippen LogP contribution < -0.4 is 0 Å². The van der Waals surface area contributed by atoms with Crippen molar-refractivity contribution in [2.75, 3.05) is 25.4 Å². The van der Waals surface area contributed by atoms with Crippen LogP contribution in [0.3, 0.4) is 0 Å². The highest BCUT2D eigenvalue weighted by molar-refractivity contribution is 9.10. The predicted molar refractivity (Wildman–Crippen MR) is 127 cm³/mol. The second-order valence-electron chi connectivity index (χ2n) is 7.53. The first-order valence-electron chi connectivity index (χ1n) is 10.6. The smallest absolute Gasteiger partial charge is 0.253 e. The molecule has 0 N–H and O–H groups in total. The minimum atomic E-state index is 0.0910. The molecule has 1 fully saturated rings. The molecule has 6 heteroatoms. The highest BCUT2D eigenvalue weighted by atomic mass is 79.9. The van der Waals surface area contributed by atoms with Gasteiger partial charge < -0.3 is 9.80 Å². The molecule has 1 saturated heterocycles. The van der Waals surface area contributed by atoms with Gasteiger partial charge in [0.15, 0.2) is 0 Å². The van der Waals surface area contributed by atoms with Crippen molar-refractivity contribution in [1.29, 1.82) is 0 Å². The van der Waals surface area contributed by atoms with Gasteiger partial charge in [-0.2, -0.15) is 0 Å². The minimum Gasteiger partial charge on any atom is -0.340 e. The number of benzene rings is 2.